The molecular weight excluding hydrogens is 809 g/mol. The molecule has 3 aromatic carbocycles. The highest BCUT2D eigenvalue weighted by Gasteiger charge is 2.46. The van der Waals surface area contributed by atoms with Gasteiger partial charge < -0.3 is 18.9 Å². The number of amides is 2. The minimum Gasteiger partial charge on any atom is -0.497 e. The largest absolute Gasteiger partial charge is 0.497 e. The number of hydrogen-bond acceptors (Lipinski definition) is 12. The number of ether oxygens (including phenoxy) is 4. The fraction of sp³-hybridized carbons (Fsp3) is 0.360. The molecule has 2 unspecified atom stereocenters. The Balaban J connectivity index is 0.926. The van der Waals surface area contributed by atoms with E-state index in [0.717, 1.165) is 84.8 Å². The van der Waals surface area contributed by atoms with Crippen molar-refractivity contribution in [2.24, 2.45) is 23.7 Å². The lowest BCUT2D eigenvalue weighted by Crippen LogP contribution is -2.55. The second-order valence-corrected chi connectivity index (χ2v) is 17.4. The zero-order valence-corrected chi connectivity index (χ0v) is 36.1. The first kappa shape index (κ1) is 41.4. The van der Waals surface area contributed by atoms with Crippen LogP contribution in [0.1, 0.15) is 49.0 Å². The summed E-state index contributed by atoms with van der Waals surface area (Å²) >= 11 is 0. The van der Waals surface area contributed by atoms with Gasteiger partial charge in [-0.1, -0.05) is 36.4 Å². The Morgan fingerprint density at radius 3 is 1.50 bits per heavy atom. The fourth-order valence-electron chi connectivity index (χ4n) is 10.9. The van der Waals surface area contributed by atoms with E-state index in [9.17, 15) is 9.59 Å². The predicted molar refractivity (Wildman–Crippen MR) is 245 cm³/mol. The lowest BCUT2D eigenvalue weighted by molar-refractivity contribution is -0.0474. The fourth-order valence-corrected chi connectivity index (χ4v) is 10.9. The minimum absolute atomic E-state index is 0.0714. The molecule has 0 radical (unpaired) electrons. The molecular formula is C50H52N8O6. The zero-order valence-electron chi connectivity index (χ0n) is 36.1. The molecule has 6 saturated heterocycles. The lowest BCUT2D eigenvalue weighted by Gasteiger charge is -2.51. The highest BCUT2D eigenvalue weighted by Crippen LogP contribution is 2.46. The molecule has 2 N–H and O–H groups in total. The van der Waals surface area contributed by atoms with E-state index in [1.807, 2.05) is 72.8 Å². The Bertz CT molecular complexity index is 2580. The Morgan fingerprint density at radius 1 is 0.656 bits per heavy atom. The molecule has 14 heteroatoms. The third kappa shape index (κ3) is 7.74. The zero-order chi connectivity index (χ0) is 43.9. The molecule has 9 heterocycles. The standard InChI is InChI=1S/C50H52N8O6/c1-5-29-27-57-21-17-31(29)23-43(57)45(35-15-19-51-41-13-11-33(61-3)25-39(35)41)63-49(59)53-47-37-9-7-8-10-38(37)48(56-55-47)54-50(60)64-46(44-24-32-18-22-58(44)28-30(32)6-2)36-16-20-52-42-14-12-34(62-4)26-40(36)42/h5-16,19-20,25-26,29-32,43-46H,1-2,17-18,21-24,27-28H2,3-4H3,(H,53,55,59)(H,54,56,60)/t29-,30-,31-,32-,43-,44-,45+,46+/m0/s1. The van der Waals surface area contributed by atoms with Gasteiger partial charge in [-0.2, -0.15) is 0 Å². The van der Waals surface area contributed by atoms with E-state index >= 15 is 0 Å². The Morgan fingerprint density at radius 2 is 1.11 bits per heavy atom. The van der Waals surface area contributed by atoms with E-state index in [1.54, 1.807) is 26.6 Å². The number of rotatable bonds is 12. The summed E-state index contributed by atoms with van der Waals surface area (Å²) in [6.07, 6.45) is 8.83. The second kappa shape index (κ2) is 17.5. The summed E-state index contributed by atoms with van der Waals surface area (Å²) in [6, 6.07) is 22.5. The lowest BCUT2D eigenvalue weighted by atomic mass is 9.73. The van der Waals surface area contributed by atoms with E-state index in [1.165, 1.54) is 0 Å². The van der Waals surface area contributed by atoms with Crippen LogP contribution in [0.25, 0.3) is 32.6 Å². The Hall–Kier alpha value is -6.64. The molecule has 0 aliphatic carbocycles. The van der Waals surface area contributed by atoms with Crippen LogP contribution < -0.4 is 20.1 Å². The molecule has 12 rings (SSSR count). The average Bonchev–Trinajstić information content (AvgIpc) is 3.35. The quantitative estimate of drug-likeness (QED) is 0.113. The first-order chi connectivity index (χ1) is 31.3. The first-order valence-electron chi connectivity index (χ1n) is 22.1. The number of hydrogen-bond donors (Lipinski definition) is 2. The molecule has 6 fully saturated rings. The van der Waals surface area contributed by atoms with Crippen molar-refractivity contribution in [2.75, 3.05) is 51.0 Å². The molecule has 0 spiro atoms. The van der Waals surface area contributed by atoms with Crippen molar-refractivity contribution in [2.45, 2.75) is 50.0 Å². The van der Waals surface area contributed by atoms with E-state index in [-0.39, 0.29) is 23.7 Å². The first-order valence-corrected chi connectivity index (χ1v) is 22.1. The molecule has 64 heavy (non-hydrogen) atoms. The number of nitrogens with zero attached hydrogens (tertiary/aromatic N) is 6. The monoisotopic (exact) mass is 860 g/mol. The summed E-state index contributed by atoms with van der Waals surface area (Å²) in [6.45, 7) is 11.7. The number of benzene rings is 3. The number of methoxy groups -OCH3 is 2. The second-order valence-electron chi connectivity index (χ2n) is 17.4. The summed E-state index contributed by atoms with van der Waals surface area (Å²) in [7, 11) is 3.26. The van der Waals surface area contributed by atoms with E-state index in [2.05, 4.69) is 65.9 Å². The number of pyridine rings is 2. The van der Waals surface area contributed by atoms with E-state index < -0.39 is 24.4 Å². The third-order valence-corrected chi connectivity index (χ3v) is 14.2. The summed E-state index contributed by atoms with van der Waals surface area (Å²) in [5.41, 5.74) is 3.24. The van der Waals surface area contributed by atoms with Gasteiger partial charge in [0.05, 0.1) is 37.3 Å². The summed E-state index contributed by atoms with van der Waals surface area (Å²) in [5, 5.41) is 17.5. The topological polar surface area (TPSA) is 153 Å². The smallest absolute Gasteiger partial charge is 0.413 e. The van der Waals surface area contributed by atoms with Crippen LogP contribution >= 0.6 is 0 Å². The molecule has 0 saturated carbocycles. The van der Waals surface area contributed by atoms with Gasteiger partial charge in [0.25, 0.3) is 0 Å². The Labute approximate surface area is 371 Å². The van der Waals surface area contributed by atoms with Crippen LogP contribution in [0.4, 0.5) is 21.2 Å². The van der Waals surface area contributed by atoms with Crippen molar-refractivity contribution < 1.29 is 28.5 Å². The number of anilines is 2. The molecule has 4 bridgehead atoms. The van der Waals surface area contributed by atoms with Crippen molar-refractivity contribution in [1.82, 2.24) is 30.0 Å². The highest BCUT2D eigenvalue weighted by molar-refractivity contribution is 6.05. The van der Waals surface area contributed by atoms with Crippen LogP contribution in [0.5, 0.6) is 11.5 Å². The van der Waals surface area contributed by atoms with Gasteiger partial charge in [-0.25, -0.2) is 9.59 Å². The van der Waals surface area contributed by atoms with Crippen LogP contribution in [0.15, 0.2) is 111 Å². The number of aromatic nitrogens is 4. The van der Waals surface area contributed by atoms with E-state index in [4.69, 9.17) is 18.9 Å². The molecule has 6 aliphatic heterocycles. The molecule has 6 aromatic rings. The normalized spacial score (nSPS) is 25.6. The van der Waals surface area contributed by atoms with Gasteiger partial charge in [0.2, 0.25) is 0 Å². The SMILES string of the molecule is C=C[C@H]1CN2CC[C@H]1C[C@H]2[C@H](OC(=O)Nc1nnc(NC(=O)O[C@H](c2ccnc3ccc(OC)cc23)[C@@H]2C[C@@H]3CCN2C[C@@H]3C=C)c2ccccc12)c1ccnc2ccc(OC)cc12. The van der Waals surface area contributed by atoms with Gasteiger partial charge >= 0.3 is 12.2 Å². The number of piperidine rings is 6. The van der Waals surface area contributed by atoms with Crippen molar-refractivity contribution in [3.63, 3.8) is 0 Å². The summed E-state index contributed by atoms with van der Waals surface area (Å²) in [5.74, 6) is 3.39. The summed E-state index contributed by atoms with van der Waals surface area (Å²) < 4.78 is 24.2. The van der Waals surface area contributed by atoms with Crippen LogP contribution in [-0.4, -0.2) is 94.6 Å². The van der Waals surface area contributed by atoms with Gasteiger partial charge in [0.1, 0.15) is 23.7 Å². The van der Waals surface area contributed by atoms with Gasteiger partial charge in [-0.15, -0.1) is 23.4 Å². The van der Waals surface area contributed by atoms with Gasteiger partial charge in [-0.3, -0.25) is 30.4 Å². The molecule has 328 valence electrons. The molecule has 6 aliphatic rings. The number of carbonyl (C=O) groups is 2. The third-order valence-electron chi connectivity index (χ3n) is 14.2. The number of nitrogens with one attached hydrogen (secondary N) is 2. The minimum atomic E-state index is -0.681. The van der Waals surface area contributed by atoms with Gasteiger partial charge in [0, 0.05) is 58.2 Å². The maximum Gasteiger partial charge on any atom is 0.413 e. The van der Waals surface area contributed by atoms with E-state index in [0.29, 0.717) is 45.9 Å². The van der Waals surface area contributed by atoms with Gasteiger partial charge in [0.15, 0.2) is 11.6 Å². The van der Waals surface area contributed by atoms with Crippen molar-refractivity contribution in [3.05, 3.63) is 122 Å². The average molecular weight is 861 g/mol. The van der Waals surface area contributed by atoms with Gasteiger partial charge in [-0.05, 0) is 111 Å². The van der Waals surface area contributed by atoms with Crippen LogP contribution in [0.2, 0.25) is 0 Å². The van der Waals surface area contributed by atoms with Crippen molar-refractivity contribution in [3.8, 4) is 11.5 Å². The highest BCUT2D eigenvalue weighted by atomic mass is 16.6. The molecule has 10 atom stereocenters. The maximum atomic E-state index is 14.2. The Kier molecular flexibility index (Phi) is 11.3. The number of fused-ring (bicyclic) bond motifs is 9. The maximum absolute atomic E-state index is 14.2. The number of carbonyl (C=O) groups excluding carboxylic acids is 2. The van der Waals surface area contributed by atoms with Crippen LogP contribution in [-0.2, 0) is 9.47 Å². The summed E-state index contributed by atoms with van der Waals surface area (Å²) in [4.78, 5) is 42.4. The van der Waals surface area contributed by atoms with Crippen molar-refractivity contribution >= 4 is 56.4 Å². The molecule has 3 aromatic heterocycles. The molecule has 14 nitrogen and oxygen atoms in total. The predicted octanol–water partition coefficient (Wildman–Crippen LogP) is 9.12. The van der Waals surface area contributed by atoms with Crippen LogP contribution in [0.3, 0.4) is 0 Å². The molecule has 2 amide bonds. The van der Waals surface area contributed by atoms with Crippen molar-refractivity contribution in [1.29, 1.82) is 0 Å². The van der Waals surface area contributed by atoms with Crippen LogP contribution in [0, 0.1) is 23.7 Å².